The minimum absolute atomic E-state index is 0.00134. The summed E-state index contributed by atoms with van der Waals surface area (Å²) < 4.78 is 6.13. The predicted octanol–water partition coefficient (Wildman–Crippen LogP) is 2.44. The van der Waals surface area contributed by atoms with Gasteiger partial charge in [0.2, 0.25) is 5.69 Å². The van der Waals surface area contributed by atoms with Crippen LogP contribution in [0.3, 0.4) is 0 Å². The average molecular weight is 367 g/mol. The lowest BCUT2D eigenvalue weighted by atomic mass is 10.2. The number of carboxylic acid groups (broad SMARTS) is 1. The van der Waals surface area contributed by atoms with E-state index in [1.807, 2.05) is 28.7 Å². The SMILES string of the molecule is N#Cc1nccnc1Oc1ccc(I)cc1C(=O)O. The maximum atomic E-state index is 11.1. The molecule has 1 heterocycles. The molecule has 0 spiro atoms. The molecule has 0 aliphatic rings. The number of benzene rings is 1. The predicted molar refractivity (Wildman–Crippen MR) is 72.9 cm³/mol. The molecule has 0 unspecified atom stereocenters. The molecule has 1 N–H and O–H groups in total. The van der Waals surface area contributed by atoms with E-state index in [4.69, 9.17) is 15.1 Å². The molecule has 0 saturated heterocycles. The van der Waals surface area contributed by atoms with Crippen molar-refractivity contribution in [3.05, 3.63) is 45.4 Å². The zero-order valence-corrected chi connectivity index (χ0v) is 11.5. The number of nitriles is 1. The van der Waals surface area contributed by atoms with Crippen LogP contribution >= 0.6 is 22.6 Å². The second-order valence-electron chi connectivity index (χ2n) is 3.37. The Bertz CT molecular complexity index is 682. The molecule has 94 valence electrons. The smallest absolute Gasteiger partial charge is 0.339 e. The van der Waals surface area contributed by atoms with Crippen molar-refractivity contribution in [3.63, 3.8) is 0 Å². The van der Waals surface area contributed by atoms with Gasteiger partial charge in [-0.1, -0.05) is 0 Å². The number of hydrogen-bond acceptors (Lipinski definition) is 5. The number of aromatic nitrogens is 2. The van der Waals surface area contributed by atoms with Gasteiger partial charge in [0.05, 0.1) is 0 Å². The van der Waals surface area contributed by atoms with Gasteiger partial charge in [0.1, 0.15) is 17.4 Å². The van der Waals surface area contributed by atoms with Crippen LogP contribution in [0.4, 0.5) is 0 Å². The molecule has 0 bridgehead atoms. The van der Waals surface area contributed by atoms with Gasteiger partial charge in [-0.05, 0) is 40.8 Å². The van der Waals surface area contributed by atoms with E-state index in [0.29, 0.717) is 0 Å². The summed E-state index contributed by atoms with van der Waals surface area (Å²) in [6.45, 7) is 0. The third-order valence-electron chi connectivity index (χ3n) is 2.15. The van der Waals surface area contributed by atoms with E-state index in [0.717, 1.165) is 3.57 Å². The fourth-order valence-corrected chi connectivity index (χ4v) is 1.83. The minimum Gasteiger partial charge on any atom is -0.478 e. The number of ether oxygens (including phenoxy) is 1. The summed E-state index contributed by atoms with van der Waals surface area (Å²) >= 11 is 2.00. The summed E-state index contributed by atoms with van der Waals surface area (Å²) in [6.07, 6.45) is 2.72. The summed E-state index contributed by atoms with van der Waals surface area (Å²) in [5, 5.41) is 18.0. The van der Waals surface area contributed by atoms with Gasteiger partial charge in [-0.3, -0.25) is 0 Å². The summed E-state index contributed by atoms with van der Waals surface area (Å²) in [4.78, 5) is 18.8. The quantitative estimate of drug-likeness (QED) is 0.838. The third kappa shape index (κ3) is 2.97. The van der Waals surface area contributed by atoms with Crippen molar-refractivity contribution >= 4 is 28.6 Å². The second-order valence-corrected chi connectivity index (χ2v) is 4.62. The van der Waals surface area contributed by atoms with Crippen LogP contribution in [0.15, 0.2) is 30.6 Å². The van der Waals surface area contributed by atoms with E-state index < -0.39 is 5.97 Å². The molecule has 0 fully saturated rings. The van der Waals surface area contributed by atoms with Gasteiger partial charge in [0, 0.05) is 16.0 Å². The number of carboxylic acids is 1. The number of hydrogen-bond donors (Lipinski definition) is 1. The first-order chi connectivity index (χ1) is 9.11. The highest BCUT2D eigenvalue weighted by atomic mass is 127. The third-order valence-corrected chi connectivity index (χ3v) is 2.82. The van der Waals surface area contributed by atoms with Gasteiger partial charge in [0.25, 0.3) is 5.88 Å². The van der Waals surface area contributed by atoms with Crippen molar-refractivity contribution in [2.75, 3.05) is 0 Å². The van der Waals surface area contributed by atoms with E-state index in [2.05, 4.69) is 9.97 Å². The molecule has 0 saturated carbocycles. The largest absolute Gasteiger partial charge is 0.478 e. The minimum atomic E-state index is -1.11. The van der Waals surface area contributed by atoms with Crippen molar-refractivity contribution in [3.8, 4) is 17.7 Å². The molecule has 19 heavy (non-hydrogen) atoms. The number of nitrogens with zero attached hydrogens (tertiary/aromatic N) is 3. The zero-order valence-electron chi connectivity index (χ0n) is 9.37. The molecule has 0 amide bonds. The van der Waals surface area contributed by atoms with Crippen molar-refractivity contribution in [1.29, 1.82) is 5.26 Å². The van der Waals surface area contributed by atoms with Crippen molar-refractivity contribution < 1.29 is 14.6 Å². The summed E-state index contributed by atoms with van der Waals surface area (Å²) in [6, 6.07) is 6.52. The van der Waals surface area contributed by atoms with Gasteiger partial charge in [0.15, 0.2) is 0 Å². The summed E-state index contributed by atoms with van der Waals surface area (Å²) in [5.41, 5.74) is -0.00108. The first kappa shape index (κ1) is 13.2. The average Bonchev–Trinajstić information content (AvgIpc) is 2.41. The standard InChI is InChI=1S/C12H6IN3O3/c13-7-1-2-10(8(5-7)12(17)18)19-11-9(6-14)15-3-4-16-11/h1-5H,(H,17,18). The van der Waals surface area contributed by atoms with E-state index in [1.165, 1.54) is 24.5 Å². The highest BCUT2D eigenvalue weighted by molar-refractivity contribution is 14.1. The Hall–Kier alpha value is -2.21. The molecule has 0 atom stereocenters. The fraction of sp³-hybridized carbons (Fsp3) is 0. The van der Waals surface area contributed by atoms with Crippen LogP contribution in [0.5, 0.6) is 11.6 Å². The van der Waals surface area contributed by atoms with Gasteiger partial charge < -0.3 is 9.84 Å². The first-order valence-electron chi connectivity index (χ1n) is 5.03. The van der Waals surface area contributed by atoms with Crippen LogP contribution < -0.4 is 4.74 Å². The van der Waals surface area contributed by atoms with E-state index in [9.17, 15) is 4.79 Å². The molecule has 0 aliphatic heterocycles. The molecule has 6 nitrogen and oxygen atoms in total. The second kappa shape index (κ2) is 5.62. The summed E-state index contributed by atoms with van der Waals surface area (Å²) in [7, 11) is 0. The van der Waals surface area contributed by atoms with Crippen LogP contribution in [0.1, 0.15) is 16.1 Å². The molecule has 2 rings (SSSR count). The molecule has 0 aliphatic carbocycles. The van der Waals surface area contributed by atoms with Gasteiger partial charge >= 0.3 is 5.97 Å². The molecular formula is C12H6IN3O3. The molecule has 1 aromatic carbocycles. The topological polar surface area (TPSA) is 96.1 Å². The van der Waals surface area contributed by atoms with Crippen LogP contribution in [0.25, 0.3) is 0 Å². The molecule has 2 aromatic rings. The highest BCUT2D eigenvalue weighted by Crippen LogP contribution is 2.26. The highest BCUT2D eigenvalue weighted by Gasteiger charge is 2.15. The number of rotatable bonds is 3. The lowest BCUT2D eigenvalue weighted by Crippen LogP contribution is -2.02. The van der Waals surface area contributed by atoms with Crippen LogP contribution in [-0.2, 0) is 0 Å². The molecule has 0 radical (unpaired) electrons. The molecule has 1 aromatic heterocycles. The Morgan fingerprint density at radius 1 is 1.37 bits per heavy atom. The number of halogens is 1. The van der Waals surface area contributed by atoms with Crippen LogP contribution in [-0.4, -0.2) is 21.0 Å². The van der Waals surface area contributed by atoms with Crippen molar-refractivity contribution in [1.82, 2.24) is 9.97 Å². The lowest BCUT2D eigenvalue weighted by Gasteiger charge is -2.08. The van der Waals surface area contributed by atoms with Crippen molar-refractivity contribution in [2.24, 2.45) is 0 Å². The maximum Gasteiger partial charge on any atom is 0.339 e. The monoisotopic (exact) mass is 367 g/mol. The maximum absolute atomic E-state index is 11.1. The van der Waals surface area contributed by atoms with Gasteiger partial charge in [-0.2, -0.15) is 5.26 Å². The van der Waals surface area contributed by atoms with Crippen LogP contribution in [0.2, 0.25) is 0 Å². The Labute approximate surface area is 121 Å². The summed E-state index contributed by atoms with van der Waals surface area (Å²) in [5.74, 6) is -1.02. The molecule has 7 heteroatoms. The molecular weight excluding hydrogens is 361 g/mol. The first-order valence-corrected chi connectivity index (χ1v) is 6.11. The lowest BCUT2D eigenvalue weighted by molar-refractivity contribution is 0.0694. The van der Waals surface area contributed by atoms with Crippen molar-refractivity contribution in [2.45, 2.75) is 0 Å². The van der Waals surface area contributed by atoms with Gasteiger partial charge in [-0.25, -0.2) is 14.8 Å². The Balaban J connectivity index is 2.44. The normalized spacial score (nSPS) is 9.68. The van der Waals surface area contributed by atoms with Crippen LogP contribution in [0, 0.1) is 14.9 Å². The number of aromatic carboxylic acids is 1. The Morgan fingerprint density at radius 3 is 2.79 bits per heavy atom. The fourth-order valence-electron chi connectivity index (χ4n) is 1.34. The zero-order chi connectivity index (χ0) is 13.8. The Morgan fingerprint density at radius 2 is 2.11 bits per heavy atom. The van der Waals surface area contributed by atoms with E-state index >= 15 is 0 Å². The van der Waals surface area contributed by atoms with Gasteiger partial charge in [-0.15, -0.1) is 0 Å². The van der Waals surface area contributed by atoms with E-state index in [1.54, 1.807) is 6.07 Å². The Kier molecular flexibility index (Phi) is 3.91. The van der Waals surface area contributed by atoms with E-state index in [-0.39, 0.29) is 22.9 Å². The number of carbonyl (C=O) groups is 1.